The summed E-state index contributed by atoms with van der Waals surface area (Å²) in [5, 5.41) is 17.4. The number of piperidine rings is 1. The standard InChI is InChI=1S/C18H22N4OS.2C2HF3O2/c1-13-20-15(12-24-13)11-22-17-6-8-21(16(17)4-5-18(22)23)10-14-3-2-7-19-9-14;2*3-2(4,5)1(6)7/h2-3,7,9,12,16-17H,4-6,8,10-11H2,1H3;2*(H,6,7)/t16-,17-;;/m1../s1. The van der Waals surface area contributed by atoms with Crippen LogP contribution in [0.3, 0.4) is 0 Å². The maximum absolute atomic E-state index is 12.5. The van der Waals surface area contributed by atoms with Crippen LogP contribution in [-0.2, 0) is 27.5 Å². The van der Waals surface area contributed by atoms with Gasteiger partial charge < -0.3 is 15.1 Å². The van der Waals surface area contributed by atoms with Gasteiger partial charge in [0.15, 0.2) is 0 Å². The van der Waals surface area contributed by atoms with Gasteiger partial charge in [-0.15, -0.1) is 11.3 Å². The predicted molar refractivity (Wildman–Crippen MR) is 121 cm³/mol. The highest BCUT2D eigenvalue weighted by Crippen LogP contribution is 2.33. The minimum atomic E-state index is -5.08. The third-order valence-corrected chi connectivity index (χ3v) is 6.41. The van der Waals surface area contributed by atoms with E-state index in [0.29, 0.717) is 25.0 Å². The summed E-state index contributed by atoms with van der Waals surface area (Å²) in [6.45, 7) is 4.64. The Labute approximate surface area is 216 Å². The van der Waals surface area contributed by atoms with Crippen molar-refractivity contribution in [3.8, 4) is 0 Å². The van der Waals surface area contributed by atoms with Gasteiger partial charge in [0.1, 0.15) is 0 Å². The van der Waals surface area contributed by atoms with Crippen molar-refractivity contribution in [2.75, 3.05) is 6.54 Å². The number of nitrogens with zero attached hydrogens (tertiary/aromatic N) is 4. The van der Waals surface area contributed by atoms with Gasteiger partial charge in [0.05, 0.1) is 17.2 Å². The molecule has 4 heterocycles. The van der Waals surface area contributed by atoms with Crippen molar-refractivity contribution in [3.05, 3.63) is 46.2 Å². The number of halogens is 6. The number of hydrogen-bond acceptors (Lipinski definition) is 7. The smallest absolute Gasteiger partial charge is 0.475 e. The normalized spacial score (nSPS) is 19.6. The molecule has 1 amide bonds. The number of likely N-dealkylation sites (tertiary alicyclic amines) is 2. The first-order chi connectivity index (χ1) is 17.6. The minimum Gasteiger partial charge on any atom is -0.475 e. The summed E-state index contributed by atoms with van der Waals surface area (Å²) in [6, 6.07) is 4.90. The lowest BCUT2D eigenvalue weighted by Crippen LogP contribution is -2.51. The van der Waals surface area contributed by atoms with Gasteiger partial charge >= 0.3 is 24.3 Å². The van der Waals surface area contributed by atoms with Crippen molar-refractivity contribution in [1.82, 2.24) is 19.8 Å². The summed E-state index contributed by atoms with van der Waals surface area (Å²) in [4.78, 5) is 43.6. The summed E-state index contributed by atoms with van der Waals surface area (Å²) in [6.07, 6.45) is -3.74. The SMILES string of the molecule is Cc1nc(CN2C(=O)CC[C@@H]3[C@H]2CCN3Cc2cccnc2)cs1.O=C(O)C(F)(F)F.O=C(O)C(F)(F)F. The van der Waals surface area contributed by atoms with Crippen LogP contribution in [0, 0.1) is 6.92 Å². The summed E-state index contributed by atoms with van der Waals surface area (Å²) in [7, 11) is 0. The molecule has 9 nitrogen and oxygen atoms in total. The van der Waals surface area contributed by atoms with E-state index in [4.69, 9.17) is 19.8 Å². The average molecular weight is 571 g/mol. The van der Waals surface area contributed by atoms with E-state index in [2.05, 4.69) is 31.2 Å². The zero-order chi connectivity index (χ0) is 28.7. The van der Waals surface area contributed by atoms with Crippen LogP contribution in [0.1, 0.15) is 35.5 Å². The summed E-state index contributed by atoms with van der Waals surface area (Å²) >= 11 is 1.66. The fourth-order valence-electron chi connectivity index (χ4n) is 4.02. The Bertz CT molecular complexity index is 1070. The number of thiazole rings is 1. The quantitative estimate of drug-likeness (QED) is 0.531. The average Bonchev–Trinajstić information content (AvgIpc) is 3.42. The molecule has 0 spiro atoms. The number of alkyl halides is 6. The van der Waals surface area contributed by atoms with Crippen molar-refractivity contribution in [1.29, 1.82) is 0 Å². The highest BCUT2D eigenvalue weighted by Gasteiger charge is 2.43. The van der Waals surface area contributed by atoms with E-state index in [1.807, 2.05) is 25.4 Å². The van der Waals surface area contributed by atoms with Gasteiger partial charge in [0, 0.05) is 49.4 Å². The number of aliphatic carboxylic acids is 2. The van der Waals surface area contributed by atoms with Crippen LogP contribution >= 0.6 is 11.3 Å². The highest BCUT2D eigenvalue weighted by molar-refractivity contribution is 7.09. The zero-order valence-corrected chi connectivity index (χ0v) is 20.7. The van der Waals surface area contributed by atoms with Crippen LogP contribution in [-0.4, -0.2) is 78.8 Å². The molecule has 4 rings (SSSR count). The second-order valence-corrected chi connectivity index (χ2v) is 9.34. The molecule has 0 aromatic carbocycles. The fraction of sp³-hybridized carbons (Fsp3) is 0.500. The minimum absolute atomic E-state index is 0.283. The molecule has 210 valence electrons. The number of carbonyl (C=O) groups is 3. The molecule has 0 radical (unpaired) electrons. The third kappa shape index (κ3) is 9.24. The number of hydrogen-bond donors (Lipinski definition) is 2. The fourth-order valence-corrected chi connectivity index (χ4v) is 4.63. The maximum atomic E-state index is 12.5. The topological polar surface area (TPSA) is 124 Å². The van der Waals surface area contributed by atoms with Crippen molar-refractivity contribution in [3.63, 3.8) is 0 Å². The molecular formula is C22H24F6N4O5S. The molecule has 2 saturated heterocycles. The number of aromatic nitrogens is 2. The van der Waals surface area contributed by atoms with E-state index >= 15 is 0 Å². The number of carboxylic acid groups (broad SMARTS) is 2. The van der Waals surface area contributed by atoms with Crippen LogP contribution in [0.25, 0.3) is 0 Å². The number of carbonyl (C=O) groups excluding carboxylic acids is 1. The van der Waals surface area contributed by atoms with Gasteiger partial charge in [-0.3, -0.25) is 14.7 Å². The van der Waals surface area contributed by atoms with Gasteiger partial charge in [-0.25, -0.2) is 14.6 Å². The van der Waals surface area contributed by atoms with E-state index in [9.17, 15) is 31.1 Å². The number of amides is 1. The van der Waals surface area contributed by atoms with Crippen molar-refractivity contribution < 1.29 is 50.9 Å². The molecule has 2 N–H and O–H groups in total. The Balaban J connectivity index is 0.000000301. The first-order valence-corrected chi connectivity index (χ1v) is 11.9. The van der Waals surface area contributed by atoms with Crippen LogP contribution in [0.4, 0.5) is 26.3 Å². The van der Waals surface area contributed by atoms with E-state index in [0.717, 1.165) is 36.6 Å². The second-order valence-electron chi connectivity index (χ2n) is 8.28. The molecule has 2 aliphatic heterocycles. The monoisotopic (exact) mass is 570 g/mol. The number of fused-ring (bicyclic) bond motifs is 1. The Kier molecular flexibility index (Phi) is 10.6. The molecule has 2 aromatic heterocycles. The largest absolute Gasteiger partial charge is 0.490 e. The molecule has 0 unspecified atom stereocenters. The summed E-state index contributed by atoms with van der Waals surface area (Å²) in [5.41, 5.74) is 2.27. The van der Waals surface area contributed by atoms with Crippen molar-refractivity contribution in [2.24, 2.45) is 0 Å². The van der Waals surface area contributed by atoms with Crippen LogP contribution < -0.4 is 0 Å². The molecule has 2 fully saturated rings. The highest BCUT2D eigenvalue weighted by atomic mass is 32.1. The molecule has 0 aliphatic carbocycles. The van der Waals surface area contributed by atoms with E-state index in [1.165, 1.54) is 5.56 Å². The van der Waals surface area contributed by atoms with E-state index < -0.39 is 24.3 Å². The maximum Gasteiger partial charge on any atom is 0.490 e. The Morgan fingerprint density at radius 1 is 1.05 bits per heavy atom. The molecule has 0 saturated carbocycles. The first-order valence-electron chi connectivity index (χ1n) is 11.0. The second kappa shape index (κ2) is 13.0. The summed E-state index contributed by atoms with van der Waals surface area (Å²) in [5.74, 6) is -5.23. The van der Waals surface area contributed by atoms with Gasteiger partial charge in [-0.2, -0.15) is 26.3 Å². The lowest BCUT2D eigenvalue weighted by molar-refractivity contribution is -0.193. The molecule has 38 heavy (non-hydrogen) atoms. The lowest BCUT2D eigenvalue weighted by atomic mass is 9.96. The van der Waals surface area contributed by atoms with Crippen molar-refractivity contribution >= 4 is 29.2 Å². The first kappa shape index (κ1) is 31.0. The number of aryl methyl sites for hydroxylation is 1. The number of pyridine rings is 1. The Morgan fingerprint density at radius 2 is 1.66 bits per heavy atom. The zero-order valence-electron chi connectivity index (χ0n) is 19.9. The predicted octanol–water partition coefficient (Wildman–Crippen LogP) is 3.88. The molecular weight excluding hydrogens is 546 g/mol. The van der Waals surface area contributed by atoms with Gasteiger partial charge in [-0.05, 0) is 31.4 Å². The number of carboxylic acids is 2. The van der Waals surface area contributed by atoms with E-state index in [-0.39, 0.29) is 5.91 Å². The molecule has 2 aromatic rings. The van der Waals surface area contributed by atoms with Crippen LogP contribution in [0.5, 0.6) is 0 Å². The van der Waals surface area contributed by atoms with Gasteiger partial charge in [-0.1, -0.05) is 6.07 Å². The van der Waals surface area contributed by atoms with Gasteiger partial charge in [0.2, 0.25) is 5.91 Å². The molecule has 0 bridgehead atoms. The third-order valence-electron chi connectivity index (χ3n) is 5.59. The van der Waals surface area contributed by atoms with E-state index in [1.54, 1.807) is 11.3 Å². The van der Waals surface area contributed by atoms with Crippen LogP contribution in [0.2, 0.25) is 0 Å². The van der Waals surface area contributed by atoms with Crippen LogP contribution in [0.15, 0.2) is 29.9 Å². The van der Waals surface area contributed by atoms with Crippen molar-refractivity contribution in [2.45, 2.75) is 63.7 Å². The molecule has 2 atom stereocenters. The molecule has 2 aliphatic rings. The number of rotatable bonds is 4. The molecule has 16 heteroatoms. The summed E-state index contributed by atoms with van der Waals surface area (Å²) < 4.78 is 63.5. The Hall–Kier alpha value is -3.27. The van der Waals surface area contributed by atoms with Gasteiger partial charge in [0.25, 0.3) is 0 Å². The Morgan fingerprint density at radius 3 is 2.13 bits per heavy atom. The lowest BCUT2D eigenvalue weighted by Gasteiger charge is -2.39.